The molecule has 462 valence electrons. The molecule has 0 aromatic rings. The van der Waals surface area contributed by atoms with Crippen LogP contribution < -0.4 is 0 Å². The fourth-order valence-corrected chi connectivity index (χ4v) is 10.5. The van der Waals surface area contributed by atoms with Gasteiger partial charge in [0, 0.05) is 19.3 Å². The Morgan fingerprint density at radius 3 is 0.709 bits per heavy atom. The van der Waals surface area contributed by atoms with Gasteiger partial charge in [0.2, 0.25) is 0 Å². The van der Waals surface area contributed by atoms with Crippen molar-refractivity contribution in [3.05, 3.63) is 48.6 Å². The summed E-state index contributed by atoms with van der Waals surface area (Å²) in [5.74, 6) is -0.854. The minimum Gasteiger partial charge on any atom is -0.462 e. The van der Waals surface area contributed by atoms with E-state index in [-0.39, 0.29) is 31.1 Å². The van der Waals surface area contributed by atoms with Crippen LogP contribution in [0.15, 0.2) is 48.6 Å². The third-order valence-corrected chi connectivity index (χ3v) is 15.8. The first-order valence-electron chi connectivity index (χ1n) is 35.1. The molecule has 0 aliphatic heterocycles. The van der Waals surface area contributed by atoms with E-state index in [0.717, 1.165) is 77.0 Å². The Morgan fingerprint density at radius 1 is 0.253 bits per heavy atom. The summed E-state index contributed by atoms with van der Waals surface area (Å²) in [4.78, 5) is 38.3. The van der Waals surface area contributed by atoms with Gasteiger partial charge in [0.15, 0.2) is 6.10 Å². The second-order valence-corrected chi connectivity index (χ2v) is 23.8. The van der Waals surface area contributed by atoms with Gasteiger partial charge in [0.05, 0.1) is 0 Å². The zero-order chi connectivity index (χ0) is 57.1. The lowest BCUT2D eigenvalue weighted by atomic mass is 10.0. The standard InChI is InChI=1S/C73H134O6/c1-4-7-10-13-16-19-22-25-27-29-31-32-33-34-35-36-37-38-39-40-41-42-43-45-46-48-51-54-57-60-63-66-72(75)78-69-70(68-77-71(74)65-62-59-56-53-50-24-21-18-15-12-9-6-3)79-73(76)67-64-61-58-55-52-49-47-44-30-28-26-23-20-17-14-11-8-5-2/h20,22-23,25,28-31,70H,4-19,21,24,26-27,32-69H2,1-3H3/b23-20-,25-22-,30-28-,31-29-. The molecule has 0 radical (unpaired) electrons. The van der Waals surface area contributed by atoms with E-state index in [0.29, 0.717) is 19.3 Å². The van der Waals surface area contributed by atoms with Crippen molar-refractivity contribution in [2.45, 2.75) is 386 Å². The van der Waals surface area contributed by atoms with Crippen LogP contribution in [0.3, 0.4) is 0 Å². The fourth-order valence-electron chi connectivity index (χ4n) is 10.5. The van der Waals surface area contributed by atoms with Gasteiger partial charge in [-0.3, -0.25) is 14.4 Å². The van der Waals surface area contributed by atoms with Gasteiger partial charge in [-0.05, 0) is 83.5 Å². The molecule has 0 rings (SSSR count). The van der Waals surface area contributed by atoms with Crippen LogP contribution in [0.1, 0.15) is 380 Å². The van der Waals surface area contributed by atoms with Gasteiger partial charge in [-0.25, -0.2) is 0 Å². The maximum atomic E-state index is 12.9. The van der Waals surface area contributed by atoms with Gasteiger partial charge in [-0.15, -0.1) is 0 Å². The van der Waals surface area contributed by atoms with Crippen molar-refractivity contribution in [2.75, 3.05) is 13.2 Å². The van der Waals surface area contributed by atoms with Gasteiger partial charge in [-0.2, -0.15) is 0 Å². The molecule has 0 bridgehead atoms. The topological polar surface area (TPSA) is 78.9 Å². The SMILES string of the molecule is CCCCCC/C=C\C/C=C\CCCCCCCCCC(=O)OC(COC(=O)CCCCCCCCCCCCCC)COC(=O)CCCCCCCCCCCCCCCCCCCCC/C=C\C/C=C\CCCCCCC. The molecule has 79 heavy (non-hydrogen) atoms. The maximum absolute atomic E-state index is 12.9. The molecule has 0 amide bonds. The minimum atomic E-state index is -0.775. The molecule has 0 aromatic heterocycles. The second-order valence-electron chi connectivity index (χ2n) is 23.8. The molecule has 0 fully saturated rings. The molecular formula is C73H134O6. The number of unbranched alkanes of at least 4 members (excludes halogenated alkanes) is 46. The van der Waals surface area contributed by atoms with E-state index in [2.05, 4.69) is 69.4 Å². The molecule has 1 atom stereocenters. The highest BCUT2D eigenvalue weighted by Gasteiger charge is 2.19. The highest BCUT2D eigenvalue weighted by atomic mass is 16.6. The number of carbonyl (C=O) groups excluding carboxylic acids is 3. The van der Waals surface area contributed by atoms with Crippen molar-refractivity contribution in [3.8, 4) is 0 Å². The van der Waals surface area contributed by atoms with Gasteiger partial charge in [0.1, 0.15) is 13.2 Å². The van der Waals surface area contributed by atoms with Crippen molar-refractivity contribution in [1.82, 2.24) is 0 Å². The van der Waals surface area contributed by atoms with Crippen molar-refractivity contribution in [1.29, 1.82) is 0 Å². The monoisotopic (exact) mass is 1110 g/mol. The first-order valence-corrected chi connectivity index (χ1v) is 35.1. The van der Waals surface area contributed by atoms with Crippen LogP contribution in [-0.4, -0.2) is 37.2 Å². The Kier molecular flexibility index (Phi) is 65.6. The lowest BCUT2D eigenvalue weighted by Crippen LogP contribution is -2.30. The third-order valence-electron chi connectivity index (χ3n) is 15.8. The van der Waals surface area contributed by atoms with Crippen molar-refractivity contribution < 1.29 is 28.6 Å². The summed E-state index contributed by atoms with van der Waals surface area (Å²) in [6, 6.07) is 0. The number of hydrogen-bond acceptors (Lipinski definition) is 6. The fraction of sp³-hybridized carbons (Fsp3) is 0.849. The molecule has 0 saturated carbocycles. The quantitative estimate of drug-likeness (QED) is 0.0261. The molecule has 1 unspecified atom stereocenters. The molecule has 0 spiro atoms. The Bertz CT molecular complexity index is 1360. The molecule has 0 saturated heterocycles. The summed E-state index contributed by atoms with van der Waals surface area (Å²) in [5.41, 5.74) is 0. The highest BCUT2D eigenvalue weighted by molar-refractivity contribution is 5.71. The van der Waals surface area contributed by atoms with Gasteiger partial charge in [0.25, 0.3) is 0 Å². The number of ether oxygens (including phenoxy) is 3. The summed E-state index contributed by atoms with van der Waals surface area (Å²) >= 11 is 0. The second kappa shape index (κ2) is 67.9. The first kappa shape index (κ1) is 76.4. The van der Waals surface area contributed by atoms with E-state index < -0.39 is 6.10 Å². The average molecular weight is 1110 g/mol. The highest BCUT2D eigenvalue weighted by Crippen LogP contribution is 2.18. The zero-order valence-electron chi connectivity index (χ0n) is 53.2. The van der Waals surface area contributed by atoms with Crippen molar-refractivity contribution in [2.24, 2.45) is 0 Å². The van der Waals surface area contributed by atoms with E-state index in [9.17, 15) is 14.4 Å². The molecule has 6 nitrogen and oxygen atoms in total. The zero-order valence-corrected chi connectivity index (χ0v) is 53.2. The summed E-state index contributed by atoms with van der Waals surface area (Å²) < 4.78 is 17.0. The molecule has 0 aliphatic rings. The van der Waals surface area contributed by atoms with E-state index in [1.165, 1.54) is 263 Å². The number of allylic oxidation sites excluding steroid dienone is 8. The van der Waals surface area contributed by atoms with Crippen LogP contribution in [0.2, 0.25) is 0 Å². The van der Waals surface area contributed by atoms with Crippen LogP contribution in [0, 0.1) is 0 Å². The smallest absolute Gasteiger partial charge is 0.306 e. The van der Waals surface area contributed by atoms with Crippen molar-refractivity contribution >= 4 is 17.9 Å². The summed E-state index contributed by atoms with van der Waals surface area (Å²) in [6.07, 6.45) is 85.7. The first-order chi connectivity index (χ1) is 39.0. The lowest BCUT2D eigenvalue weighted by Gasteiger charge is -2.18. The normalized spacial score (nSPS) is 12.3. The summed E-state index contributed by atoms with van der Waals surface area (Å²) in [5, 5.41) is 0. The lowest BCUT2D eigenvalue weighted by molar-refractivity contribution is -0.167. The molecule has 6 heteroatoms. The predicted molar refractivity (Wildman–Crippen MR) is 344 cm³/mol. The van der Waals surface area contributed by atoms with Gasteiger partial charge in [-0.1, -0.05) is 326 Å². The molecule has 0 heterocycles. The number of carbonyl (C=O) groups is 3. The minimum absolute atomic E-state index is 0.0711. The summed E-state index contributed by atoms with van der Waals surface area (Å²) in [7, 11) is 0. The van der Waals surface area contributed by atoms with Crippen LogP contribution >= 0.6 is 0 Å². The summed E-state index contributed by atoms with van der Waals surface area (Å²) in [6.45, 7) is 6.66. The van der Waals surface area contributed by atoms with E-state index >= 15 is 0 Å². The average Bonchev–Trinajstić information content (AvgIpc) is 3.45. The van der Waals surface area contributed by atoms with E-state index in [1.54, 1.807) is 0 Å². The molecule has 0 aliphatic carbocycles. The van der Waals surface area contributed by atoms with E-state index in [1.807, 2.05) is 0 Å². The van der Waals surface area contributed by atoms with Gasteiger partial charge < -0.3 is 14.2 Å². The Morgan fingerprint density at radius 2 is 0.456 bits per heavy atom. The predicted octanol–water partition coefficient (Wildman–Crippen LogP) is 24.1. The number of rotatable bonds is 65. The Hall–Kier alpha value is -2.63. The number of hydrogen-bond donors (Lipinski definition) is 0. The third kappa shape index (κ3) is 66.1. The largest absolute Gasteiger partial charge is 0.462 e. The van der Waals surface area contributed by atoms with Crippen molar-refractivity contribution in [3.63, 3.8) is 0 Å². The van der Waals surface area contributed by atoms with Gasteiger partial charge >= 0.3 is 17.9 Å². The Labute approximate surface area is 492 Å². The van der Waals surface area contributed by atoms with Crippen LogP contribution in [0.4, 0.5) is 0 Å². The van der Waals surface area contributed by atoms with Crippen LogP contribution in [0.25, 0.3) is 0 Å². The van der Waals surface area contributed by atoms with E-state index in [4.69, 9.17) is 14.2 Å². The molecular weight excluding hydrogens is 973 g/mol. The molecule has 0 N–H and O–H groups in total. The maximum Gasteiger partial charge on any atom is 0.306 e. The van der Waals surface area contributed by atoms with Crippen LogP contribution in [0.5, 0.6) is 0 Å². The number of esters is 3. The Balaban J connectivity index is 4.15. The van der Waals surface area contributed by atoms with Crippen LogP contribution in [-0.2, 0) is 28.6 Å². The molecule has 0 aromatic carbocycles.